The molecule has 6 heteroatoms. The van der Waals surface area contributed by atoms with Crippen LogP contribution in [-0.2, 0) is 9.59 Å². The van der Waals surface area contributed by atoms with Crippen molar-refractivity contribution in [2.24, 2.45) is 5.92 Å². The van der Waals surface area contributed by atoms with Gasteiger partial charge in [0.25, 0.3) is 0 Å². The van der Waals surface area contributed by atoms with Gasteiger partial charge in [-0.2, -0.15) is 0 Å². The van der Waals surface area contributed by atoms with Crippen LogP contribution in [0.2, 0.25) is 0 Å². The van der Waals surface area contributed by atoms with E-state index in [9.17, 15) is 24.9 Å². The van der Waals surface area contributed by atoms with E-state index in [0.29, 0.717) is 6.42 Å². The summed E-state index contributed by atoms with van der Waals surface area (Å²) >= 11 is 0. The topological polar surface area (TPSA) is 103 Å². The van der Waals surface area contributed by atoms with Crippen molar-refractivity contribution < 1.29 is 24.9 Å². The Morgan fingerprint density at radius 2 is 1.30 bits per heavy atom. The van der Waals surface area contributed by atoms with Gasteiger partial charge in [-0.3, -0.25) is 4.79 Å². The number of ketones is 1. The van der Waals surface area contributed by atoms with Gasteiger partial charge in [0.2, 0.25) is 0 Å². The van der Waals surface area contributed by atoms with Gasteiger partial charge in [0.1, 0.15) is 5.78 Å². The number of rotatable bonds is 5. The van der Waals surface area contributed by atoms with Crippen LogP contribution >= 0.6 is 0 Å². The van der Waals surface area contributed by atoms with E-state index in [4.69, 9.17) is 0 Å². The maximum Gasteiger partial charge on any atom is 3.00 e. The molecule has 0 aliphatic heterocycles. The summed E-state index contributed by atoms with van der Waals surface area (Å²) in [5.74, 6) is -2.45. The van der Waals surface area contributed by atoms with Gasteiger partial charge < -0.3 is 20.1 Å². The molecule has 1 unspecified atom stereocenters. The van der Waals surface area contributed by atoms with Crippen molar-refractivity contribution in [3.05, 3.63) is 0 Å². The van der Waals surface area contributed by atoms with E-state index in [0.717, 1.165) is 12.8 Å². The van der Waals surface area contributed by atoms with E-state index in [-0.39, 0.29) is 23.1 Å². The van der Waals surface area contributed by atoms with E-state index < -0.39 is 24.1 Å². The molecular weight excluding hydrogens is 275 g/mol. The van der Waals surface area contributed by atoms with Crippen LogP contribution in [0.25, 0.3) is 0 Å². The molecule has 0 radical (unpaired) electrons. The fourth-order valence-electron chi connectivity index (χ4n) is 0.895. The quantitative estimate of drug-likeness (QED) is 0.491. The van der Waals surface area contributed by atoms with Gasteiger partial charge in [0, 0.05) is 0 Å². The Morgan fingerprint density at radius 3 is 1.45 bits per heavy atom. The number of unbranched alkanes of at least 4 members (excludes halogenated alkanes) is 1. The zero-order valence-electron chi connectivity index (χ0n) is 13.5. The van der Waals surface area contributed by atoms with Crippen molar-refractivity contribution in [1.82, 2.24) is 0 Å². The van der Waals surface area contributed by atoms with Gasteiger partial charge in [-0.25, -0.2) is 0 Å². The number of hydrogen-bond donors (Lipinski definition) is 0. The van der Waals surface area contributed by atoms with Gasteiger partial charge in [-0.05, 0) is 13.3 Å². The van der Waals surface area contributed by atoms with Gasteiger partial charge in [0.05, 0.1) is 11.9 Å². The summed E-state index contributed by atoms with van der Waals surface area (Å²) in [4.78, 5) is 21.0. The fraction of sp³-hybridized carbons (Fsp3) is 0.857. The molecule has 1 atom stereocenters. The molecule has 0 aromatic heterocycles. The van der Waals surface area contributed by atoms with E-state index in [2.05, 4.69) is 0 Å². The Labute approximate surface area is 133 Å². The van der Waals surface area contributed by atoms with Crippen molar-refractivity contribution >= 4 is 29.1 Å². The summed E-state index contributed by atoms with van der Waals surface area (Å²) in [5.41, 5.74) is 0. The van der Waals surface area contributed by atoms with E-state index in [1.54, 1.807) is 27.7 Å². The molecule has 0 N–H and O–H groups in total. The SMILES string of the molecule is CC(C)[O-].CC(C)[O-].CCCCC(C(C)=O)C(=O)[O-].[Al+3]. The first-order valence-electron chi connectivity index (χ1n) is 6.59. The summed E-state index contributed by atoms with van der Waals surface area (Å²) in [5, 5.41) is 29.4. The molecule has 0 saturated heterocycles. The first kappa shape index (κ1) is 27.9. The summed E-state index contributed by atoms with van der Waals surface area (Å²) in [6.45, 7) is 9.68. The average molecular weight is 302 g/mol. The Kier molecular flexibility index (Phi) is 25.9. The normalized spacial score (nSPS) is 10.5. The molecule has 0 heterocycles. The average Bonchev–Trinajstić information content (AvgIpc) is 2.15. The minimum atomic E-state index is -1.24. The van der Waals surface area contributed by atoms with Crippen LogP contribution < -0.4 is 15.3 Å². The van der Waals surface area contributed by atoms with Gasteiger partial charge in [-0.15, -0.1) is 12.2 Å². The monoisotopic (exact) mass is 302 g/mol. The molecule has 0 aliphatic carbocycles. The van der Waals surface area contributed by atoms with Crippen LogP contribution in [-0.4, -0.2) is 41.3 Å². The standard InChI is InChI=1S/C8H14O3.2C3H7O.Al/c1-3-4-5-7(6(2)9)8(10)11;2*1-3(2)4;/h7H,3-5H2,1-2H3,(H,10,11);2*3H,1-2H3;/q;2*-1;+3/p-1. The van der Waals surface area contributed by atoms with Gasteiger partial charge in [0.15, 0.2) is 0 Å². The van der Waals surface area contributed by atoms with Crippen molar-refractivity contribution in [3.63, 3.8) is 0 Å². The molecule has 116 valence electrons. The second-order valence-electron chi connectivity index (χ2n) is 4.72. The van der Waals surface area contributed by atoms with E-state index >= 15 is 0 Å². The first-order valence-corrected chi connectivity index (χ1v) is 6.59. The van der Waals surface area contributed by atoms with Crippen LogP contribution in [0.4, 0.5) is 0 Å². The number of aliphatic carboxylic acids is 1. The van der Waals surface area contributed by atoms with Crippen LogP contribution in [0.1, 0.15) is 60.8 Å². The minimum absolute atomic E-state index is 0. The third-order valence-electron chi connectivity index (χ3n) is 1.62. The van der Waals surface area contributed by atoms with Crippen molar-refractivity contribution in [3.8, 4) is 0 Å². The minimum Gasteiger partial charge on any atom is -0.852 e. The molecule has 0 rings (SSSR count). The fourth-order valence-corrected chi connectivity index (χ4v) is 0.895. The summed E-state index contributed by atoms with van der Waals surface area (Å²) in [6, 6.07) is 0. The third kappa shape index (κ3) is 36.0. The number of carbonyl (C=O) groups is 2. The van der Waals surface area contributed by atoms with Crippen LogP contribution in [0.15, 0.2) is 0 Å². The third-order valence-corrected chi connectivity index (χ3v) is 1.62. The van der Waals surface area contributed by atoms with Gasteiger partial charge in [-0.1, -0.05) is 47.5 Å². The predicted molar refractivity (Wildman–Crippen MR) is 74.7 cm³/mol. The van der Waals surface area contributed by atoms with E-state index in [1.165, 1.54) is 6.92 Å². The smallest absolute Gasteiger partial charge is 0.852 e. The molecule has 0 amide bonds. The van der Waals surface area contributed by atoms with E-state index in [1.807, 2.05) is 6.92 Å². The maximum absolute atomic E-state index is 10.7. The molecule has 0 aromatic rings. The number of carboxylic acid groups (broad SMARTS) is 1. The molecule has 0 saturated carbocycles. The largest absolute Gasteiger partial charge is 3.00 e. The van der Waals surface area contributed by atoms with Crippen molar-refractivity contribution in [2.45, 2.75) is 73.0 Å². The number of carboxylic acids is 1. The number of carbonyl (C=O) groups excluding carboxylic acids is 2. The van der Waals surface area contributed by atoms with Gasteiger partial charge >= 0.3 is 17.4 Å². The molecule has 0 fully saturated rings. The maximum atomic E-state index is 10.7. The molecule has 0 bridgehead atoms. The van der Waals surface area contributed by atoms with Crippen molar-refractivity contribution in [1.29, 1.82) is 0 Å². The molecule has 0 spiro atoms. The van der Waals surface area contributed by atoms with Crippen molar-refractivity contribution in [2.75, 3.05) is 0 Å². The molecule has 5 nitrogen and oxygen atoms in total. The molecular formula is C14H27AlO5. The Balaban J connectivity index is -0.000000119. The summed E-state index contributed by atoms with van der Waals surface area (Å²) < 4.78 is 0. The number of hydrogen-bond acceptors (Lipinski definition) is 5. The van der Waals surface area contributed by atoms with Crippen LogP contribution in [0, 0.1) is 5.92 Å². The zero-order chi connectivity index (χ0) is 16.0. The predicted octanol–water partition coefficient (Wildman–Crippen LogP) is -0.739. The van der Waals surface area contributed by atoms with Crippen LogP contribution in [0.3, 0.4) is 0 Å². The summed E-state index contributed by atoms with van der Waals surface area (Å²) in [7, 11) is 0. The van der Waals surface area contributed by atoms with Crippen LogP contribution in [0.5, 0.6) is 0 Å². The first-order chi connectivity index (χ1) is 8.56. The molecule has 0 aromatic carbocycles. The second-order valence-corrected chi connectivity index (χ2v) is 4.72. The molecule has 0 aliphatic rings. The zero-order valence-corrected chi connectivity index (χ0v) is 14.6. The summed E-state index contributed by atoms with van der Waals surface area (Å²) in [6.07, 6.45) is 1.24. The molecule has 20 heavy (non-hydrogen) atoms. The second kappa shape index (κ2) is 18.6. The Morgan fingerprint density at radius 1 is 1.00 bits per heavy atom. The Hall–Kier alpha value is -0.408. The number of Topliss-reactive ketones (excluding diaryl/α,β-unsaturated/α-hetero) is 1. The Bertz CT molecular complexity index is 204.